The van der Waals surface area contributed by atoms with Crippen molar-refractivity contribution in [2.75, 3.05) is 6.54 Å². The fraction of sp³-hybridized carbons (Fsp3) is 0.468. The Morgan fingerprint density at radius 1 is 0.581 bits per heavy atom. The van der Waals surface area contributed by atoms with E-state index in [1.165, 1.54) is 40.7 Å². The summed E-state index contributed by atoms with van der Waals surface area (Å²) >= 11 is 0. The van der Waals surface area contributed by atoms with Crippen molar-refractivity contribution in [1.82, 2.24) is 4.90 Å². The minimum atomic E-state index is -9.05. The lowest BCUT2D eigenvalue weighted by Gasteiger charge is -2.43. The number of esters is 1. The third-order valence-corrected chi connectivity index (χ3v) is 10.3. The summed E-state index contributed by atoms with van der Waals surface area (Å²) in [5, 5.41) is 0. The van der Waals surface area contributed by atoms with E-state index in [0.717, 1.165) is 30.3 Å². The zero-order chi connectivity index (χ0) is 57.2. The first kappa shape index (κ1) is 62.2. The molecule has 3 aromatic rings. The van der Waals surface area contributed by atoms with Crippen LogP contribution in [-0.2, 0) is 39.9 Å². The van der Waals surface area contributed by atoms with Crippen molar-refractivity contribution in [2.45, 2.75) is 131 Å². The normalized spacial score (nSPS) is 14.5. The van der Waals surface area contributed by atoms with E-state index in [2.05, 4.69) is 17.6 Å². The van der Waals surface area contributed by atoms with Crippen molar-refractivity contribution in [2.24, 2.45) is 0 Å². The van der Waals surface area contributed by atoms with Gasteiger partial charge in [-0.3, -0.25) is 4.90 Å². The van der Waals surface area contributed by atoms with Gasteiger partial charge in [0, 0.05) is 18.4 Å². The second-order valence-electron chi connectivity index (χ2n) is 17.4. The maximum atomic E-state index is 14.7. The van der Waals surface area contributed by atoms with E-state index in [4.69, 9.17) is 9.47 Å². The number of hydrogen-bond donors (Lipinski definition) is 0. The molecule has 0 N–H and O–H groups in total. The first-order chi connectivity index (χ1) is 33.3. The third-order valence-electron chi connectivity index (χ3n) is 10.3. The van der Waals surface area contributed by atoms with Gasteiger partial charge in [0.25, 0.3) is 0 Å². The van der Waals surface area contributed by atoms with Gasteiger partial charge in [-0.1, -0.05) is 72.5 Å². The first-order valence-corrected chi connectivity index (χ1v) is 20.7. The third kappa shape index (κ3) is 12.5. The largest absolute Gasteiger partial charge is 0.460 e. The van der Waals surface area contributed by atoms with Gasteiger partial charge in [0.2, 0.25) is 0 Å². The Kier molecular flexibility index (Phi) is 17.9. The monoisotopic (exact) mass is 1100 g/mol. The standard InChI is InChI=1S/C47H39F22NO4/c1-28(2)20-22-37(34(71)74-36(3,4)5,26-32-13-9-15-33(25-32)39(50,51)52)70(24-10-14-29-11-7-6-8-12-29)35(72)73-27-31-18-16-30(17-19-31)21-23-38(48,49)40(53,54)41(55,56)42(57,58)43(59,60)44(61,62)45(63,64)46(65,66)47(67,68)69/h6-9,11-13,15-19,22,25H,21,23-24,26-27H2,1-5H3. The SMILES string of the molecule is CC(C)=C=CC(Cc1cccc(C(F)(F)F)c1)(C(=O)OC(C)(C)C)N(CC#Cc1ccccc1)C(=O)OCc1ccc(CCC(F)(F)C(F)(F)C(F)(F)C(F)(F)C(F)(F)C(F)(F)C(F)(F)C(F)(F)C(F)(F)F)cc1. The predicted molar refractivity (Wildman–Crippen MR) is 217 cm³/mol. The molecule has 5 nitrogen and oxygen atoms in total. The average molecular weight is 1100 g/mol. The number of hydrogen-bond acceptors (Lipinski definition) is 4. The smallest absolute Gasteiger partial charge is 0.458 e. The van der Waals surface area contributed by atoms with Gasteiger partial charge in [-0.05, 0) is 87.6 Å². The van der Waals surface area contributed by atoms with Crippen LogP contribution in [0.5, 0.6) is 0 Å². The molecule has 0 spiro atoms. The van der Waals surface area contributed by atoms with Crippen LogP contribution in [0.3, 0.4) is 0 Å². The molecule has 0 radical (unpaired) electrons. The highest BCUT2D eigenvalue weighted by Crippen LogP contribution is 2.65. The number of rotatable bonds is 18. The highest BCUT2D eigenvalue weighted by molar-refractivity contribution is 5.89. The van der Waals surface area contributed by atoms with Crippen molar-refractivity contribution >= 4 is 12.1 Å². The molecule has 0 aliphatic heterocycles. The van der Waals surface area contributed by atoms with Crippen LogP contribution in [0.1, 0.15) is 68.9 Å². The average Bonchev–Trinajstić information content (AvgIpc) is 3.26. The lowest BCUT2D eigenvalue weighted by molar-refractivity contribution is -0.468. The van der Waals surface area contributed by atoms with Crippen LogP contribution in [-0.4, -0.2) is 88.2 Å². The number of nitrogens with zero attached hydrogens (tertiary/aromatic N) is 1. The second kappa shape index (κ2) is 21.3. The van der Waals surface area contributed by atoms with Crippen molar-refractivity contribution < 1.29 is 116 Å². The summed E-state index contributed by atoms with van der Waals surface area (Å²) in [7, 11) is 0. The van der Waals surface area contributed by atoms with E-state index >= 15 is 0 Å². The molecule has 0 saturated heterocycles. The van der Waals surface area contributed by atoms with Crippen LogP contribution in [0, 0.1) is 11.8 Å². The van der Waals surface area contributed by atoms with Gasteiger partial charge in [0.15, 0.2) is 5.54 Å². The Balaban J connectivity index is 2.02. The number of amides is 1. The molecular formula is C47H39F22NO4. The van der Waals surface area contributed by atoms with Gasteiger partial charge < -0.3 is 9.47 Å². The lowest BCUT2D eigenvalue weighted by atomic mass is 9.86. The van der Waals surface area contributed by atoms with Crippen LogP contribution >= 0.6 is 0 Å². The van der Waals surface area contributed by atoms with E-state index in [1.807, 2.05) is 0 Å². The zero-order valence-electron chi connectivity index (χ0n) is 38.5. The Hall–Kier alpha value is -6.06. The summed E-state index contributed by atoms with van der Waals surface area (Å²) in [4.78, 5) is 29.3. The van der Waals surface area contributed by atoms with Crippen molar-refractivity contribution in [3.05, 3.63) is 124 Å². The second-order valence-corrected chi connectivity index (χ2v) is 17.4. The molecule has 0 heterocycles. The number of carbonyl (C=O) groups excluding carboxylic acids is 2. The lowest BCUT2D eigenvalue weighted by Crippen LogP contribution is -2.75. The number of benzene rings is 3. The minimum absolute atomic E-state index is 0.169. The molecule has 0 aromatic heterocycles. The minimum Gasteiger partial charge on any atom is -0.458 e. The molecule has 1 atom stereocenters. The highest BCUT2D eigenvalue weighted by Gasteiger charge is 2.96. The Bertz CT molecular complexity index is 2580. The first-order valence-electron chi connectivity index (χ1n) is 20.7. The van der Waals surface area contributed by atoms with Crippen LogP contribution in [0.2, 0.25) is 0 Å². The number of aryl methyl sites for hydroxylation is 1. The van der Waals surface area contributed by atoms with Gasteiger partial charge in [0.1, 0.15) is 12.2 Å². The molecule has 410 valence electrons. The van der Waals surface area contributed by atoms with Crippen LogP contribution in [0.4, 0.5) is 101 Å². The summed E-state index contributed by atoms with van der Waals surface area (Å²) in [6.07, 6.45) is -18.5. The Morgan fingerprint density at radius 3 is 1.54 bits per heavy atom. The maximum absolute atomic E-state index is 14.7. The van der Waals surface area contributed by atoms with Crippen molar-refractivity contribution in [3.8, 4) is 11.8 Å². The molecule has 0 bridgehead atoms. The van der Waals surface area contributed by atoms with Crippen molar-refractivity contribution in [3.63, 3.8) is 0 Å². The Labute approximate surface area is 406 Å². The van der Waals surface area contributed by atoms with E-state index in [-0.39, 0.29) is 11.1 Å². The van der Waals surface area contributed by atoms with E-state index in [0.29, 0.717) is 34.2 Å². The van der Waals surface area contributed by atoms with E-state index < -0.39 is 126 Å². The zero-order valence-corrected chi connectivity index (χ0v) is 38.5. The molecular weight excluding hydrogens is 1060 g/mol. The van der Waals surface area contributed by atoms with Crippen LogP contribution in [0.25, 0.3) is 0 Å². The summed E-state index contributed by atoms with van der Waals surface area (Å²) in [6.45, 7) is 5.65. The number of ether oxygens (including phenoxy) is 2. The van der Waals surface area contributed by atoms with Gasteiger partial charge in [0.05, 0.1) is 12.1 Å². The maximum Gasteiger partial charge on any atom is 0.460 e. The molecule has 3 aromatic carbocycles. The summed E-state index contributed by atoms with van der Waals surface area (Å²) in [6, 6.07) is 14.7. The molecule has 27 heteroatoms. The number of halogens is 22. The van der Waals surface area contributed by atoms with Gasteiger partial charge >= 0.3 is 71.8 Å². The summed E-state index contributed by atoms with van der Waals surface area (Å²) < 4.78 is 315. The fourth-order valence-electron chi connectivity index (χ4n) is 6.25. The summed E-state index contributed by atoms with van der Waals surface area (Å²) in [5.41, 5.74) is -2.43. The van der Waals surface area contributed by atoms with Crippen molar-refractivity contribution in [1.29, 1.82) is 0 Å². The fourth-order valence-corrected chi connectivity index (χ4v) is 6.25. The number of alkyl halides is 22. The highest BCUT2D eigenvalue weighted by atomic mass is 19.4. The molecule has 0 aliphatic rings. The summed E-state index contributed by atoms with van der Waals surface area (Å²) in [5.74, 6) is -63.4. The molecule has 0 aliphatic carbocycles. The van der Waals surface area contributed by atoms with Gasteiger partial charge in [-0.2, -0.15) is 96.6 Å². The molecule has 74 heavy (non-hydrogen) atoms. The number of carbonyl (C=O) groups is 2. The molecule has 0 saturated carbocycles. The predicted octanol–water partition coefficient (Wildman–Crippen LogP) is 14.7. The topological polar surface area (TPSA) is 55.8 Å². The molecule has 0 fully saturated rings. The van der Waals surface area contributed by atoms with Gasteiger partial charge in [-0.25, -0.2) is 9.59 Å². The van der Waals surface area contributed by atoms with Gasteiger partial charge in [-0.15, -0.1) is 5.73 Å². The van der Waals surface area contributed by atoms with E-state index in [1.54, 1.807) is 30.3 Å². The molecule has 1 unspecified atom stereocenters. The van der Waals surface area contributed by atoms with Crippen LogP contribution in [0.15, 0.2) is 96.2 Å². The quantitative estimate of drug-likeness (QED) is 0.0551. The molecule has 1 amide bonds. The Morgan fingerprint density at radius 2 is 1.07 bits per heavy atom. The van der Waals surface area contributed by atoms with E-state index in [9.17, 15) is 106 Å². The molecule has 3 rings (SSSR count). The van der Waals surface area contributed by atoms with Crippen LogP contribution < -0.4 is 0 Å².